The van der Waals surface area contributed by atoms with Crippen LogP contribution in [0.4, 0.5) is 0 Å². The molecule has 0 aliphatic carbocycles. The van der Waals surface area contributed by atoms with Crippen molar-refractivity contribution in [3.8, 4) is 0 Å². The van der Waals surface area contributed by atoms with Crippen molar-refractivity contribution >= 4 is 20.2 Å². The van der Waals surface area contributed by atoms with E-state index in [0.29, 0.717) is 0 Å². The summed E-state index contributed by atoms with van der Waals surface area (Å²) in [5, 5.41) is 2.64. The molecule has 3 atom stereocenters. The summed E-state index contributed by atoms with van der Waals surface area (Å²) in [6.07, 6.45) is -0.279. The molecule has 1 saturated heterocycles. The van der Waals surface area contributed by atoms with Crippen molar-refractivity contribution in [2.24, 2.45) is 5.92 Å². The zero-order valence-corrected chi connectivity index (χ0v) is 13.9. The lowest BCUT2D eigenvalue weighted by Crippen LogP contribution is -2.66. The maximum atomic E-state index is 11.7. The van der Waals surface area contributed by atoms with E-state index in [2.05, 4.69) is 43.9 Å². The fourth-order valence-electron chi connectivity index (χ4n) is 1.93. The Morgan fingerprint density at radius 3 is 2.26 bits per heavy atom. The van der Waals surface area contributed by atoms with Crippen LogP contribution in [0.15, 0.2) is 0 Å². The summed E-state index contributed by atoms with van der Waals surface area (Å²) in [4.78, 5) is 23.2. The molecule has 1 fully saturated rings. The number of methoxy groups -OCH3 is 1. The van der Waals surface area contributed by atoms with Crippen molar-refractivity contribution < 1.29 is 18.8 Å². The highest BCUT2D eigenvalue weighted by Gasteiger charge is 2.50. The summed E-state index contributed by atoms with van der Waals surface area (Å²) in [5.74, 6) is -0.988. The molecule has 1 rings (SSSR count). The lowest BCUT2D eigenvalue weighted by molar-refractivity contribution is -0.159. The van der Waals surface area contributed by atoms with Crippen LogP contribution in [0.5, 0.6) is 0 Å². The Balaban J connectivity index is 2.75. The first kappa shape index (κ1) is 16.2. The topological polar surface area (TPSA) is 64.6 Å². The number of carbonyl (C=O) groups excluding carboxylic acids is 2. The van der Waals surface area contributed by atoms with Crippen molar-refractivity contribution in [3.63, 3.8) is 0 Å². The number of amides is 1. The SMILES string of the molecule is COC(=O)[C@@H]1NC(=O)[C@H]1[C@H](C)O[Si](C)(C)C(C)(C)C. The van der Waals surface area contributed by atoms with Gasteiger partial charge in [-0.15, -0.1) is 0 Å². The van der Waals surface area contributed by atoms with E-state index in [0.717, 1.165) is 0 Å². The largest absolute Gasteiger partial charge is 0.467 e. The van der Waals surface area contributed by atoms with Crippen molar-refractivity contribution in [2.45, 2.75) is 58.0 Å². The van der Waals surface area contributed by atoms with Crippen LogP contribution in [0.3, 0.4) is 0 Å². The Bertz CT molecular complexity index is 375. The van der Waals surface area contributed by atoms with Gasteiger partial charge in [0.25, 0.3) is 0 Å². The number of hydrogen-bond donors (Lipinski definition) is 1. The summed E-state index contributed by atoms with van der Waals surface area (Å²) in [6, 6.07) is -0.572. The van der Waals surface area contributed by atoms with Crippen LogP contribution in [0.25, 0.3) is 0 Å². The highest BCUT2D eigenvalue weighted by atomic mass is 28.4. The molecule has 0 saturated carbocycles. The highest BCUT2D eigenvalue weighted by molar-refractivity contribution is 6.74. The molecule has 1 N–H and O–H groups in total. The van der Waals surface area contributed by atoms with Gasteiger partial charge in [-0.2, -0.15) is 0 Å². The summed E-state index contributed by atoms with van der Waals surface area (Å²) in [5.41, 5.74) is 0. The van der Waals surface area contributed by atoms with Gasteiger partial charge in [0, 0.05) is 0 Å². The Kier molecular flexibility index (Phi) is 4.46. The zero-order valence-electron chi connectivity index (χ0n) is 12.9. The molecule has 110 valence electrons. The number of hydrogen-bond acceptors (Lipinski definition) is 4. The molecule has 6 heteroatoms. The van der Waals surface area contributed by atoms with Gasteiger partial charge in [-0.1, -0.05) is 20.8 Å². The molecule has 0 unspecified atom stereocenters. The van der Waals surface area contributed by atoms with Gasteiger partial charge in [-0.3, -0.25) is 4.79 Å². The van der Waals surface area contributed by atoms with E-state index in [1.165, 1.54) is 7.11 Å². The van der Waals surface area contributed by atoms with Gasteiger partial charge < -0.3 is 14.5 Å². The maximum Gasteiger partial charge on any atom is 0.329 e. The second kappa shape index (κ2) is 5.24. The molecule has 0 aromatic rings. The standard InChI is InChI=1S/C13H25NO4Si/c1-8(18-19(6,7)13(2,3)4)9-10(12(16)17-5)14-11(9)15/h8-10H,1-7H3,(H,14,15)/t8-,9-,10+/m0/s1. The third-order valence-corrected chi connectivity index (χ3v) is 8.78. The predicted molar refractivity (Wildman–Crippen MR) is 75.2 cm³/mol. The van der Waals surface area contributed by atoms with E-state index < -0.39 is 26.2 Å². The van der Waals surface area contributed by atoms with Gasteiger partial charge in [-0.05, 0) is 25.1 Å². The Hall–Kier alpha value is -0.883. The number of ether oxygens (including phenoxy) is 1. The van der Waals surface area contributed by atoms with Crippen LogP contribution >= 0.6 is 0 Å². The van der Waals surface area contributed by atoms with E-state index in [1.54, 1.807) is 0 Å². The van der Waals surface area contributed by atoms with Crippen molar-refractivity contribution in [1.82, 2.24) is 5.32 Å². The second-order valence-corrected chi connectivity index (χ2v) is 11.4. The quantitative estimate of drug-likeness (QED) is 0.485. The Morgan fingerprint density at radius 1 is 1.37 bits per heavy atom. The fourth-order valence-corrected chi connectivity index (χ4v) is 3.36. The van der Waals surface area contributed by atoms with Crippen LogP contribution in [-0.2, 0) is 18.8 Å². The third kappa shape index (κ3) is 3.17. The van der Waals surface area contributed by atoms with E-state index in [9.17, 15) is 9.59 Å². The van der Waals surface area contributed by atoms with Gasteiger partial charge in [0.2, 0.25) is 5.91 Å². The predicted octanol–water partition coefficient (Wildman–Crippen LogP) is 1.68. The van der Waals surface area contributed by atoms with Crippen LogP contribution in [0.2, 0.25) is 18.1 Å². The first-order valence-corrected chi connectivity index (χ1v) is 9.48. The number of β-lactam (4-membered cyclic amide) rings is 1. The minimum atomic E-state index is -1.95. The van der Waals surface area contributed by atoms with E-state index in [1.807, 2.05) is 6.92 Å². The molecular weight excluding hydrogens is 262 g/mol. The molecule has 1 amide bonds. The summed E-state index contributed by atoms with van der Waals surface area (Å²) in [6.45, 7) is 12.6. The van der Waals surface area contributed by atoms with Gasteiger partial charge in [0.1, 0.15) is 6.04 Å². The van der Waals surface area contributed by atoms with Crippen molar-refractivity contribution in [1.29, 1.82) is 0 Å². The van der Waals surface area contributed by atoms with E-state index in [4.69, 9.17) is 4.43 Å². The fraction of sp³-hybridized carbons (Fsp3) is 0.846. The van der Waals surface area contributed by atoms with Gasteiger partial charge in [-0.25, -0.2) is 4.79 Å². The Morgan fingerprint density at radius 2 is 1.89 bits per heavy atom. The lowest BCUT2D eigenvalue weighted by Gasteiger charge is -2.44. The van der Waals surface area contributed by atoms with Crippen LogP contribution in [0, 0.1) is 5.92 Å². The molecule has 0 bridgehead atoms. The minimum absolute atomic E-state index is 0.0717. The molecule has 1 aliphatic heterocycles. The number of carbonyl (C=O) groups is 2. The first-order chi connectivity index (χ1) is 8.51. The minimum Gasteiger partial charge on any atom is -0.467 e. The third-order valence-electron chi connectivity index (χ3n) is 4.21. The molecule has 0 aromatic carbocycles. The number of nitrogens with one attached hydrogen (secondary N) is 1. The molecule has 0 aromatic heterocycles. The molecule has 1 aliphatic rings. The average Bonchev–Trinajstić information content (AvgIpc) is 2.22. The molecule has 0 spiro atoms. The molecule has 1 heterocycles. The zero-order chi connectivity index (χ0) is 15.0. The monoisotopic (exact) mass is 287 g/mol. The second-order valence-electron chi connectivity index (χ2n) is 6.62. The smallest absolute Gasteiger partial charge is 0.329 e. The van der Waals surface area contributed by atoms with Gasteiger partial charge >= 0.3 is 5.97 Å². The lowest BCUT2D eigenvalue weighted by atomic mass is 9.86. The highest BCUT2D eigenvalue weighted by Crippen LogP contribution is 2.39. The van der Waals surface area contributed by atoms with Crippen molar-refractivity contribution in [3.05, 3.63) is 0 Å². The summed E-state index contributed by atoms with van der Waals surface area (Å²) >= 11 is 0. The molecule has 5 nitrogen and oxygen atoms in total. The normalized spacial score (nSPS) is 25.3. The van der Waals surface area contributed by atoms with Gasteiger partial charge in [0.15, 0.2) is 8.32 Å². The number of rotatable bonds is 4. The van der Waals surface area contributed by atoms with Gasteiger partial charge in [0.05, 0.1) is 19.1 Å². The number of esters is 1. The molecular formula is C13H25NO4Si. The van der Waals surface area contributed by atoms with E-state index in [-0.39, 0.29) is 17.0 Å². The molecule has 0 radical (unpaired) electrons. The summed E-state index contributed by atoms with van der Waals surface area (Å²) < 4.78 is 10.9. The Labute approximate surface area is 116 Å². The van der Waals surface area contributed by atoms with Crippen molar-refractivity contribution in [2.75, 3.05) is 7.11 Å². The van der Waals surface area contributed by atoms with Crippen LogP contribution in [0.1, 0.15) is 27.7 Å². The summed E-state index contributed by atoms with van der Waals surface area (Å²) in [7, 11) is -0.627. The van der Waals surface area contributed by atoms with Crippen LogP contribution < -0.4 is 5.32 Å². The average molecular weight is 287 g/mol. The molecule has 19 heavy (non-hydrogen) atoms. The first-order valence-electron chi connectivity index (χ1n) is 6.57. The maximum absolute atomic E-state index is 11.7. The van der Waals surface area contributed by atoms with E-state index >= 15 is 0 Å². The van der Waals surface area contributed by atoms with Crippen LogP contribution in [-0.4, -0.2) is 39.4 Å².